The fourth-order valence-electron chi connectivity index (χ4n) is 2.24. The lowest BCUT2D eigenvalue weighted by Gasteiger charge is -2.16. The van der Waals surface area contributed by atoms with Crippen molar-refractivity contribution in [3.05, 3.63) is 57.1 Å². The van der Waals surface area contributed by atoms with E-state index in [1.807, 2.05) is 17.5 Å². The number of benzene rings is 1. The molecular formula is C17H11N2O4S3-. The average Bonchev–Trinajstić information content (AvgIpc) is 3.19. The number of thiophene rings is 1. The Morgan fingerprint density at radius 3 is 2.69 bits per heavy atom. The third-order valence-corrected chi connectivity index (χ3v) is 5.61. The van der Waals surface area contributed by atoms with E-state index in [1.165, 1.54) is 34.4 Å². The van der Waals surface area contributed by atoms with E-state index in [0.717, 1.165) is 16.6 Å². The Kier molecular flexibility index (Phi) is 5.50. The zero-order valence-corrected chi connectivity index (χ0v) is 15.6. The van der Waals surface area contributed by atoms with Gasteiger partial charge in [-0.1, -0.05) is 48.2 Å². The van der Waals surface area contributed by atoms with Gasteiger partial charge in [0.05, 0.1) is 10.9 Å². The van der Waals surface area contributed by atoms with E-state index < -0.39 is 11.9 Å². The topological polar surface area (TPSA) is 89.5 Å². The maximum Gasteiger partial charge on any atom is 0.266 e. The number of nitrogens with one attached hydrogen (secondary N) is 1. The highest BCUT2D eigenvalue weighted by atomic mass is 32.2. The quantitative estimate of drug-likeness (QED) is 0.606. The Morgan fingerprint density at radius 1 is 1.23 bits per heavy atom. The van der Waals surface area contributed by atoms with Crippen molar-refractivity contribution in [2.45, 2.75) is 0 Å². The van der Waals surface area contributed by atoms with Gasteiger partial charge in [0.1, 0.15) is 10.9 Å². The zero-order valence-electron chi connectivity index (χ0n) is 13.1. The number of carbonyl (C=O) groups excluding carboxylic acids is 3. The van der Waals surface area contributed by atoms with Gasteiger partial charge in [0.2, 0.25) is 5.91 Å². The maximum absolute atomic E-state index is 12.5. The van der Waals surface area contributed by atoms with Gasteiger partial charge in [-0.25, -0.2) is 0 Å². The second-order valence-electron chi connectivity index (χ2n) is 5.16. The third-order valence-electron chi connectivity index (χ3n) is 3.41. The molecule has 1 aromatic heterocycles. The average molecular weight is 403 g/mol. The molecule has 0 aliphatic carbocycles. The summed E-state index contributed by atoms with van der Waals surface area (Å²) in [6.45, 7) is -0.298. The number of hydrogen-bond donors (Lipinski definition) is 1. The van der Waals surface area contributed by atoms with Crippen LogP contribution < -0.4 is 10.4 Å². The summed E-state index contributed by atoms with van der Waals surface area (Å²) in [5.41, 5.74) is -0.0269. The van der Waals surface area contributed by atoms with E-state index in [2.05, 4.69) is 5.32 Å². The molecule has 1 fully saturated rings. The zero-order chi connectivity index (χ0) is 18.7. The van der Waals surface area contributed by atoms with E-state index in [1.54, 1.807) is 12.1 Å². The lowest BCUT2D eigenvalue weighted by molar-refractivity contribution is -0.254. The number of rotatable bonds is 5. The second kappa shape index (κ2) is 7.81. The van der Waals surface area contributed by atoms with Crippen molar-refractivity contribution in [3.8, 4) is 0 Å². The molecule has 0 unspecified atom stereocenters. The summed E-state index contributed by atoms with van der Waals surface area (Å²) < 4.78 is 0.279. The minimum Gasteiger partial charge on any atom is -0.545 e. The van der Waals surface area contributed by atoms with Gasteiger partial charge in [0.15, 0.2) is 0 Å². The molecule has 2 heterocycles. The fraction of sp³-hybridized carbons (Fsp3) is 0.0588. The first-order valence-electron chi connectivity index (χ1n) is 7.35. The first kappa shape index (κ1) is 18.3. The van der Waals surface area contributed by atoms with Gasteiger partial charge in [-0.05, 0) is 23.6 Å². The Morgan fingerprint density at radius 2 is 2.00 bits per heavy atom. The largest absolute Gasteiger partial charge is 0.545 e. The van der Waals surface area contributed by atoms with Crippen LogP contribution in [-0.2, 0) is 9.59 Å². The first-order chi connectivity index (χ1) is 12.5. The highest BCUT2D eigenvalue weighted by Gasteiger charge is 2.33. The van der Waals surface area contributed by atoms with Gasteiger partial charge < -0.3 is 15.2 Å². The molecule has 0 radical (unpaired) electrons. The summed E-state index contributed by atoms with van der Waals surface area (Å²) in [6.07, 6.45) is 1.73. The molecule has 132 valence electrons. The van der Waals surface area contributed by atoms with Gasteiger partial charge >= 0.3 is 0 Å². The van der Waals surface area contributed by atoms with Crippen LogP contribution in [0.4, 0.5) is 5.69 Å². The van der Waals surface area contributed by atoms with Crippen LogP contribution in [-0.4, -0.2) is 33.5 Å². The van der Waals surface area contributed by atoms with Crippen molar-refractivity contribution in [1.82, 2.24) is 4.90 Å². The van der Waals surface area contributed by atoms with Crippen molar-refractivity contribution in [3.63, 3.8) is 0 Å². The summed E-state index contributed by atoms with van der Waals surface area (Å²) in [7, 11) is 0. The van der Waals surface area contributed by atoms with Crippen LogP contribution in [0.25, 0.3) is 6.08 Å². The minimum absolute atomic E-state index is 0.108. The molecule has 0 bridgehead atoms. The number of thioether (sulfide) groups is 1. The van der Waals surface area contributed by atoms with Crippen molar-refractivity contribution in [1.29, 1.82) is 0 Å². The molecule has 1 N–H and O–H groups in total. The molecule has 0 spiro atoms. The molecule has 3 rings (SSSR count). The number of para-hydroxylation sites is 1. The predicted molar refractivity (Wildman–Crippen MR) is 104 cm³/mol. The van der Waals surface area contributed by atoms with Crippen LogP contribution in [0.1, 0.15) is 15.2 Å². The van der Waals surface area contributed by atoms with E-state index in [-0.39, 0.29) is 28.0 Å². The SMILES string of the molecule is O=C(CN1C(=O)/C(=C\c2cccs2)SC1=S)Nc1ccccc1C(=O)[O-]. The van der Waals surface area contributed by atoms with Crippen LogP contribution in [0.5, 0.6) is 0 Å². The molecule has 2 aromatic rings. The van der Waals surface area contributed by atoms with E-state index in [4.69, 9.17) is 12.2 Å². The first-order valence-corrected chi connectivity index (χ1v) is 9.45. The number of carboxylic acid groups (broad SMARTS) is 1. The lowest BCUT2D eigenvalue weighted by Crippen LogP contribution is -2.36. The monoisotopic (exact) mass is 403 g/mol. The van der Waals surface area contributed by atoms with Gasteiger partial charge in [-0.15, -0.1) is 11.3 Å². The van der Waals surface area contributed by atoms with Crippen LogP contribution in [0.3, 0.4) is 0 Å². The Balaban J connectivity index is 1.71. The van der Waals surface area contributed by atoms with Crippen LogP contribution in [0.2, 0.25) is 0 Å². The number of thiocarbonyl (C=S) groups is 1. The predicted octanol–water partition coefficient (Wildman–Crippen LogP) is 1.95. The smallest absolute Gasteiger partial charge is 0.266 e. The number of hydrogen-bond acceptors (Lipinski definition) is 7. The van der Waals surface area contributed by atoms with Gasteiger partial charge in [-0.3, -0.25) is 14.5 Å². The maximum atomic E-state index is 12.5. The summed E-state index contributed by atoms with van der Waals surface area (Å²) in [6, 6.07) is 9.64. The van der Waals surface area contributed by atoms with Crippen molar-refractivity contribution in [2.24, 2.45) is 0 Å². The normalized spacial score (nSPS) is 15.5. The minimum atomic E-state index is -1.40. The van der Waals surface area contributed by atoms with Crippen molar-refractivity contribution >= 4 is 69.2 Å². The second-order valence-corrected chi connectivity index (χ2v) is 7.82. The van der Waals surface area contributed by atoms with E-state index >= 15 is 0 Å². The highest BCUT2D eigenvalue weighted by molar-refractivity contribution is 8.26. The standard InChI is InChI=1S/C17H12N2O4S3/c20-14(18-12-6-2-1-5-11(12)16(22)23)9-19-15(21)13(26-17(19)24)8-10-4-3-7-25-10/h1-8H,9H2,(H,18,20)(H,22,23)/p-1/b13-8+. The number of carbonyl (C=O) groups is 3. The van der Waals surface area contributed by atoms with Crippen LogP contribution >= 0.6 is 35.3 Å². The number of amides is 2. The molecular weight excluding hydrogens is 392 g/mol. The molecule has 26 heavy (non-hydrogen) atoms. The third kappa shape index (κ3) is 4.01. The van der Waals surface area contributed by atoms with E-state index in [0.29, 0.717) is 4.91 Å². The number of carboxylic acids is 1. The molecule has 1 aliphatic heterocycles. The summed E-state index contributed by atoms with van der Waals surface area (Å²) in [5.74, 6) is -2.30. The summed E-state index contributed by atoms with van der Waals surface area (Å²) >= 11 is 7.80. The van der Waals surface area contributed by atoms with Crippen LogP contribution in [0.15, 0.2) is 46.7 Å². The summed E-state index contributed by atoms with van der Waals surface area (Å²) in [4.78, 5) is 38.4. The molecule has 1 saturated heterocycles. The Bertz CT molecular complexity index is 922. The molecule has 9 heteroatoms. The van der Waals surface area contributed by atoms with Crippen molar-refractivity contribution < 1.29 is 19.5 Å². The molecule has 1 aromatic carbocycles. The number of aromatic carboxylic acids is 1. The van der Waals surface area contributed by atoms with Gasteiger partial charge in [-0.2, -0.15) is 0 Å². The van der Waals surface area contributed by atoms with Gasteiger partial charge in [0, 0.05) is 16.1 Å². The molecule has 1 aliphatic rings. The number of nitrogens with zero attached hydrogens (tertiary/aromatic N) is 1. The van der Waals surface area contributed by atoms with Crippen LogP contribution in [0, 0.1) is 0 Å². The van der Waals surface area contributed by atoms with Crippen molar-refractivity contribution in [2.75, 3.05) is 11.9 Å². The molecule has 0 saturated carbocycles. The Labute approximate surface area is 162 Å². The van der Waals surface area contributed by atoms with E-state index in [9.17, 15) is 19.5 Å². The Hall–Kier alpha value is -2.49. The summed E-state index contributed by atoms with van der Waals surface area (Å²) in [5, 5.41) is 15.5. The lowest BCUT2D eigenvalue weighted by atomic mass is 10.2. The molecule has 6 nitrogen and oxygen atoms in total. The van der Waals surface area contributed by atoms with Gasteiger partial charge in [0.25, 0.3) is 5.91 Å². The molecule has 0 atom stereocenters. The highest BCUT2D eigenvalue weighted by Crippen LogP contribution is 2.33. The number of anilines is 1. The molecule has 2 amide bonds. The fourth-order valence-corrected chi connectivity index (χ4v) is 4.22.